The number of rotatable bonds is 1. The monoisotopic (exact) mass is 190 g/mol. The number of hydrogen-bond acceptors (Lipinski definition) is 1. The molecule has 2 aromatic rings. The van der Waals surface area contributed by atoms with E-state index < -0.39 is 0 Å². The van der Waals surface area contributed by atoms with Crippen LogP contribution in [0.1, 0.15) is 5.69 Å². The van der Waals surface area contributed by atoms with Crippen molar-refractivity contribution in [1.29, 1.82) is 0 Å². The van der Waals surface area contributed by atoms with Gasteiger partial charge in [0.15, 0.2) is 0 Å². The Morgan fingerprint density at radius 3 is 2.36 bits per heavy atom. The predicted molar refractivity (Wildman–Crippen MR) is 53.3 cm³/mol. The molecule has 2 rings (SSSR count). The van der Waals surface area contributed by atoms with Gasteiger partial charge in [-0.15, -0.1) is 0 Å². The van der Waals surface area contributed by atoms with E-state index in [0.717, 1.165) is 17.0 Å². The predicted octanol–water partition coefficient (Wildman–Crippen LogP) is 2.53. The first kappa shape index (κ1) is 8.94. The van der Waals surface area contributed by atoms with Gasteiger partial charge in [0.2, 0.25) is 0 Å². The minimum atomic E-state index is -0.214. The third-order valence-corrected chi connectivity index (χ3v) is 2.24. The maximum atomic E-state index is 12.7. The second-order valence-corrected chi connectivity index (χ2v) is 3.30. The maximum Gasteiger partial charge on any atom is 0.123 e. The summed E-state index contributed by atoms with van der Waals surface area (Å²) in [5.41, 5.74) is 2.98. The highest BCUT2D eigenvalue weighted by Gasteiger charge is 2.06. The molecule has 0 amide bonds. The van der Waals surface area contributed by atoms with Crippen molar-refractivity contribution < 1.29 is 4.39 Å². The molecule has 0 saturated heterocycles. The molecule has 14 heavy (non-hydrogen) atoms. The molecule has 3 heteroatoms. The molecule has 0 spiro atoms. The fourth-order valence-corrected chi connectivity index (χ4v) is 1.57. The van der Waals surface area contributed by atoms with E-state index in [0.29, 0.717) is 0 Å². The molecule has 2 nitrogen and oxygen atoms in total. The first-order valence-electron chi connectivity index (χ1n) is 4.42. The number of halogens is 1. The van der Waals surface area contributed by atoms with E-state index in [1.807, 2.05) is 18.5 Å². The molecule has 0 atom stereocenters. The van der Waals surface area contributed by atoms with Crippen molar-refractivity contribution >= 4 is 0 Å². The second-order valence-electron chi connectivity index (χ2n) is 3.30. The molecule has 1 aromatic carbocycles. The van der Waals surface area contributed by atoms with Gasteiger partial charge >= 0.3 is 0 Å². The Morgan fingerprint density at radius 1 is 1.21 bits per heavy atom. The highest BCUT2D eigenvalue weighted by molar-refractivity contribution is 5.61. The van der Waals surface area contributed by atoms with Gasteiger partial charge < -0.3 is 4.57 Å². The molecule has 0 radical (unpaired) electrons. The molecule has 0 aliphatic carbocycles. The minimum Gasteiger partial charge on any atom is -0.334 e. The molecule has 0 aliphatic rings. The molecule has 0 fully saturated rings. The SMILES string of the molecule is Cc1ncn(C)c1-c1ccc(F)cc1. The maximum absolute atomic E-state index is 12.7. The molecular weight excluding hydrogens is 179 g/mol. The van der Waals surface area contributed by atoms with Gasteiger partial charge in [-0.25, -0.2) is 9.37 Å². The van der Waals surface area contributed by atoms with Gasteiger partial charge in [0.25, 0.3) is 0 Å². The zero-order chi connectivity index (χ0) is 10.1. The van der Waals surface area contributed by atoms with Crippen LogP contribution in [-0.2, 0) is 7.05 Å². The Hall–Kier alpha value is -1.64. The summed E-state index contributed by atoms with van der Waals surface area (Å²) >= 11 is 0. The van der Waals surface area contributed by atoms with E-state index in [2.05, 4.69) is 4.98 Å². The molecule has 0 N–H and O–H groups in total. The van der Waals surface area contributed by atoms with E-state index in [-0.39, 0.29) is 5.82 Å². The fraction of sp³-hybridized carbons (Fsp3) is 0.182. The first-order chi connectivity index (χ1) is 6.68. The Kier molecular flexibility index (Phi) is 2.08. The van der Waals surface area contributed by atoms with Crippen molar-refractivity contribution in [3.63, 3.8) is 0 Å². The third-order valence-electron chi connectivity index (χ3n) is 2.24. The lowest BCUT2D eigenvalue weighted by atomic mass is 10.1. The van der Waals surface area contributed by atoms with Crippen LogP contribution in [0.4, 0.5) is 4.39 Å². The lowest BCUT2D eigenvalue weighted by molar-refractivity contribution is 0.628. The topological polar surface area (TPSA) is 17.8 Å². The minimum absolute atomic E-state index is 0.214. The Morgan fingerprint density at radius 2 is 1.86 bits per heavy atom. The highest BCUT2D eigenvalue weighted by Crippen LogP contribution is 2.21. The number of aromatic nitrogens is 2. The van der Waals surface area contributed by atoms with Crippen molar-refractivity contribution in [3.05, 3.63) is 42.1 Å². The van der Waals surface area contributed by atoms with Crippen molar-refractivity contribution in [3.8, 4) is 11.3 Å². The number of benzene rings is 1. The number of nitrogens with zero attached hydrogens (tertiary/aromatic N) is 2. The molecular formula is C11H11FN2. The molecule has 1 aromatic heterocycles. The van der Waals surface area contributed by atoms with Gasteiger partial charge in [-0.3, -0.25) is 0 Å². The van der Waals surface area contributed by atoms with Crippen LogP contribution < -0.4 is 0 Å². The average molecular weight is 190 g/mol. The van der Waals surface area contributed by atoms with Crippen LogP contribution in [0.2, 0.25) is 0 Å². The largest absolute Gasteiger partial charge is 0.334 e. The van der Waals surface area contributed by atoms with Gasteiger partial charge in [0.1, 0.15) is 5.82 Å². The smallest absolute Gasteiger partial charge is 0.123 e. The van der Waals surface area contributed by atoms with E-state index >= 15 is 0 Å². The highest BCUT2D eigenvalue weighted by atomic mass is 19.1. The van der Waals surface area contributed by atoms with Crippen LogP contribution in [0.15, 0.2) is 30.6 Å². The van der Waals surface area contributed by atoms with E-state index in [9.17, 15) is 4.39 Å². The zero-order valence-corrected chi connectivity index (χ0v) is 8.16. The van der Waals surface area contributed by atoms with Crippen molar-refractivity contribution in [2.24, 2.45) is 7.05 Å². The summed E-state index contributed by atoms with van der Waals surface area (Å²) in [6.45, 7) is 1.94. The number of imidazole rings is 1. The Bertz CT molecular complexity index is 423. The standard InChI is InChI=1S/C11H11FN2/c1-8-11(14(2)7-13-8)9-3-5-10(12)6-4-9/h3-7H,1-2H3. The summed E-state index contributed by atoms with van der Waals surface area (Å²) in [5.74, 6) is -0.214. The van der Waals surface area contributed by atoms with E-state index in [4.69, 9.17) is 0 Å². The first-order valence-corrected chi connectivity index (χ1v) is 4.42. The van der Waals surface area contributed by atoms with E-state index in [1.165, 1.54) is 12.1 Å². The summed E-state index contributed by atoms with van der Waals surface area (Å²) in [5, 5.41) is 0. The van der Waals surface area contributed by atoms with Gasteiger partial charge in [-0.1, -0.05) is 0 Å². The summed E-state index contributed by atoms with van der Waals surface area (Å²) < 4.78 is 14.6. The molecule has 0 aliphatic heterocycles. The van der Waals surface area contributed by atoms with Crippen LogP contribution in [-0.4, -0.2) is 9.55 Å². The number of aryl methyl sites for hydroxylation is 2. The van der Waals surface area contributed by atoms with Crippen molar-refractivity contribution in [2.75, 3.05) is 0 Å². The van der Waals surface area contributed by atoms with Crippen LogP contribution >= 0.6 is 0 Å². The van der Waals surface area contributed by atoms with Crippen LogP contribution in [0.3, 0.4) is 0 Å². The lowest BCUT2D eigenvalue weighted by Gasteiger charge is -2.03. The summed E-state index contributed by atoms with van der Waals surface area (Å²) in [6, 6.07) is 6.45. The fourth-order valence-electron chi connectivity index (χ4n) is 1.57. The Balaban J connectivity index is 2.54. The summed E-state index contributed by atoms with van der Waals surface area (Å²) in [4.78, 5) is 4.18. The van der Waals surface area contributed by atoms with Gasteiger partial charge in [-0.2, -0.15) is 0 Å². The van der Waals surface area contributed by atoms with E-state index in [1.54, 1.807) is 18.5 Å². The van der Waals surface area contributed by atoms with Crippen molar-refractivity contribution in [2.45, 2.75) is 6.92 Å². The molecule has 72 valence electrons. The lowest BCUT2D eigenvalue weighted by Crippen LogP contribution is -1.91. The molecule has 0 unspecified atom stereocenters. The van der Waals surface area contributed by atoms with Crippen LogP contribution in [0.25, 0.3) is 11.3 Å². The molecule has 1 heterocycles. The third kappa shape index (κ3) is 1.41. The zero-order valence-electron chi connectivity index (χ0n) is 8.16. The second kappa shape index (κ2) is 3.25. The van der Waals surface area contributed by atoms with Crippen molar-refractivity contribution in [1.82, 2.24) is 9.55 Å². The number of hydrogen-bond donors (Lipinski definition) is 0. The normalized spacial score (nSPS) is 10.5. The summed E-state index contributed by atoms with van der Waals surface area (Å²) in [6.07, 6.45) is 1.76. The van der Waals surface area contributed by atoms with Crippen LogP contribution in [0.5, 0.6) is 0 Å². The van der Waals surface area contributed by atoms with Gasteiger partial charge in [0.05, 0.1) is 17.7 Å². The quantitative estimate of drug-likeness (QED) is 0.675. The summed E-state index contributed by atoms with van der Waals surface area (Å²) in [7, 11) is 1.93. The average Bonchev–Trinajstić information content (AvgIpc) is 2.49. The molecule has 0 saturated carbocycles. The Labute approximate surface area is 82.0 Å². The molecule has 0 bridgehead atoms. The van der Waals surface area contributed by atoms with Gasteiger partial charge in [0, 0.05) is 12.6 Å². The van der Waals surface area contributed by atoms with Crippen LogP contribution in [0, 0.1) is 12.7 Å². The van der Waals surface area contributed by atoms with Gasteiger partial charge in [-0.05, 0) is 31.2 Å².